The lowest BCUT2D eigenvalue weighted by molar-refractivity contribution is -0.514. The molecule has 0 atom stereocenters. The maximum absolute atomic E-state index is 14.1. The number of benzene rings is 2. The van der Waals surface area contributed by atoms with Crippen LogP contribution in [0.25, 0.3) is 20.5 Å². The Hall–Kier alpha value is -3.09. The summed E-state index contributed by atoms with van der Waals surface area (Å²) in [4.78, 5) is 12.2. The summed E-state index contributed by atoms with van der Waals surface area (Å²) < 4.78 is 100.0. The molecule has 0 unspecified atom stereocenters. The summed E-state index contributed by atoms with van der Waals surface area (Å²) in [6.45, 7) is 6.93. The molecule has 0 spiro atoms. The first-order valence-corrected chi connectivity index (χ1v) is 14.5. The summed E-state index contributed by atoms with van der Waals surface area (Å²) in [6, 6.07) is 13.4. The summed E-state index contributed by atoms with van der Waals surface area (Å²) >= 11 is 1.50. The SMILES string of the molecule is C=C(C)C(=O)OCCC(F)(F)OC(F)(F)OC(F)(F)CCOc1ccc2cc(-c3ccc(CCCCC)cc3C)sc2c1. The Balaban J connectivity index is 1.54. The van der Waals surface area contributed by atoms with E-state index >= 15 is 0 Å². The highest BCUT2D eigenvalue weighted by molar-refractivity contribution is 7.22. The zero-order valence-electron chi connectivity index (χ0n) is 24.1. The Morgan fingerprint density at radius 3 is 2.21 bits per heavy atom. The van der Waals surface area contributed by atoms with E-state index in [9.17, 15) is 31.1 Å². The number of alkyl halides is 6. The largest absolute Gasteiger partial charge is 0.494 e. The van der Waals surface area contributed by atoms with Crippen molar-refractivity contribution in [3.05, 3.63) is 65.7 Å². The van der Waals surface area contributed by atoms with Crippen molar-refractivity contribution >= 4 is 27.4 Å². The van der Waals surface area contributed by atoms with Crippen LogP contribution in [0.15, 0.2) is 54.6 Å². The molecule has 5 nitrogen and oxygen atoms in total. The predicted molar refractivity (Wildman–Crippen MR) is 153 cm³/mol. The van der Waals surface area contributed by atoms with Gasteiger partial charge >= 0.3 is 24.5 Å². The van der Waals surface area contributed by atoms with Crippen molar-refractivity contribution in [2.24, 2.45) is 0 Å². The van der Waals surface area contributed by atoms with Gasteiger partial charge in [0.2, 0.25) is 0 Å². The molecule has 0 fully saturated rings. The maximum atomic E-state index is 14.1. The van der Waals surface area contributed by atoms with Gasteiger partial charge in [0.25, 0.3) is 0 Å². The third kappa shape index (κ3) is 10.8. The Morgan fingerprint density at radius 2 is 1.58 bits per heavy atom. The van der Waals surface area contributed by atoms with Crippen molar-refractivity contribution in [3.63, 3.8) is 0 Å². The first kappa shape index (κ1) is 34.4. The van der Waals surface area contributed by atoms with E-state index in [0.717, 1.165) is 45.4 Å². The molecule has 0 saturated heterocycles. The van der Waals surface area contributed by atoms with E-state index in [-0.39, 0.29) is 11.3 Å². The average molecular weight is 633 g/mol. The van der Waals surface area contributed by atoms with E-state index < -0.39 is 50.5 Å². The second-order valence-electron chi connectivity index (χ2n) is 10.1. The molecule has 3 rings (SSSR count). The number of hydrogen-bond donors (Lipinski definition) is 0. The van der Waals surface area contributed by atoms with Gasteiger partial charge in [-0.05, 0) is 73.0 Å². The third-order valence-electron chi connectivity index (χ3n) is 6.29. The predicted octanol–water partition coefficient (Wildman–Crippen LogP) is 9.66. The van der Waals surface area contributed by atoms with Gasteiger partial charge in [-0.1, -0.05) is 44.5 Å². The molecule has 0 bridgehead atoms. The average Bonchev–Trinajstić information content (AvgIpc) is 3.30. The van der Waals surface area contributed by atoms with Crippen LogP contribution >= 0.6 is 11.3 Å². The van der Waals surface area contributed by atoms with Gasteiger partial charge in [0, 0.05) is 15.2 Å². The van der Waals surface area contributed by atoms with Crippen LogP contribution in [0.1, 0.15) is 57.1 Å². The number of ether oxygens (including phenoxy) is 4. The quantitative estimate of drug-likeness (QED) is 0.0488. The Morgan fingerprint density at radius 1 is 0.907 bits per heavy atom. The molecule has 1 aromatic heterocycles. The third-order valence-corrected chi connectivity index (χ3v) is 7.42. The standard InChI is InChI=1S/C31H34F6O5S/c1-5-6-7-8-22-9-12-25(21(4)17-22)27-18-23-10-11-24(19-26(23)43-27)39-15-13-29(32,33)41-31(36,37)42-30(34,35)14-16-40-28(38)20(2)3/h9-12,17-19H,2,5-8,13-16H2,1,3-4H3. The smallest absolute Gasteiger partial charge is 0.493 e. The van der Waals surface area contributed by atoms with Crippen LogP contribution in [0.5, 0.6) is 5.75 Å². The molecule has 2 aromatic carbocycles. The molecule has 0 aliphatic rings. The number of thiophene rings is 1. The fourth-order valence-corrected chi connectivity index (χ4v) is 5.30. The van der Waals surface area contributed by atoms with Crippen molar-refractivity contribution in [3.8, 4) is 16.2 Å². The Bertz CT molecular complexity index is 1400. The minimum atomic E-state index is -5.34. The molecule has 0 aliphatic carbocycles. The molecular weight excluding hydrogens is 598 g/mol. The summed E-state index contributed by atoms with van der Waals surface area (Å²) in [7, 11) is 0. The van der Waals surface area contributed by atoms with E-state index in [1.165, 1.54) is 30.2 Å². The lowest BCUT2D eigenvalue weighted by atomic mass is 10.00. The van der Waals surface area contributed by atoms with Gasteiger partial charge in [-0.15, -0.1) is 20.1 Å². The minimum absolute atomic E-state index is 0.103. The summed E-state index contributed by atoms with van der Waals surface area (Å²) in [5, 5.41) is 0.916. The lowest BCUT2D eigenvalue weighted by Crippen LogP contribution is -2.41. The zero-order chi connectivity index (χ0) is 31.8. The van der Waals surface area contributed by atoms with E-state index in [2.05, 4.69) is 52.8 Å². The van der Waals surface area contributed by atoms with Crippen LogP contribution in [0.4, 0.5) is 26.3 Å². The van der Waals surface area contributed by atoms with Gasteiger partial charge < -0.3 is 9.47 Å². The molecule has 0 aliphatic heterocycles. The number of hydrogen-bond acceptors (Lipinski definition) is 6. The van der Waals surface area contributed by atoms with E-state index in [4.69, 9.17) is 4.74 Å². The van der Waals surface area contributed by atoms with Crippen LogP contribution in [0.3, 0.4) is 0 Å². The number of carbonyl (C=O) groups excluding carboxylic acids is 1. The van der Waals surface area contributed by atoms with Crippen molar-refractivity contribution in [1.29, 1.82) is 0 Å². The van der Waals surface area contributed by atoms with Gasteiger partial charge in [-0.3, -0.25) is 0 Å². The van der Waals surface area contributed by atoms with Crippen molar-refractivity contribution in [2.75, 3.05) is 13.2 Å². The highest BCUT2D eigenvalue weighted by Gasteiger charge is 2.52. The number of aryl methyl sites for hydroxylation is 2. The summed E-state index contributed by atoms with van der Waals surface area (Å²) in [6.07, 6.45) is -12.9. The first-order chi connectivity index (χ1) is 20.1. The normalized spacial score (nSPS) is 12.5. The molecule has 0 N–H and O–H groups in total. The molecular formula is C31H34F6O5S. The second kappa shape index (κ2) is 14.6. The monoisotopic (exact) mass is 632 g/mol. The molecule has 0 amide bonds. The number of halogens is 6. The van der Waals surface area contributed by atoms with Gasteiger partial charge in [-0.2, -0.15) is 17.6 Å². The summed E-state index contributed by atoms with van der Waals surface area (Å²) in [5.41, 5.74) is 3.41. The fraction of sp³-hybridized carbons (Fsp3) is 0.452. The topological polar surface area (TPSA) is 54.0 Å². The van der Waals surface area contributed by atoms with E-state index in [0.29, 0.717) is 0 Å². The van der Waals surface area contributed by atoms with E-state index in [1.54, 1.807) is 18.2 Å². The molecule has 12 heteroatoms. The lowest BCUT2D eigenvalue weighted by Gasteiger charge is -2.26. The molecule has 3 aromatic rings. The van der Waals surface area contributed by atoms with Crippen LogP contribution in [0, 0.1) is 6.92 Å². The maximum Gasteiger partial charge on any atom is 0.494 e. The van der Waals surface area contributed by atoms with Crippen LogP contribution < -0.4 is 4.74 Å². The number of fused-ring (bicyclic) bond motifs is 1. The molecule has 0 saturated carbocycles. The highest BCUT2D eigenvalue weighted by atomic mass is 32.1. The second-order valence-corrected chi connectivity index (χ2v) is 11.2. The molecule has 0 radical (unpaired) electrons. The van der Waals surface area contributed by atoms with Crippen LogP contribution in [0.2, 0.25) is 0 Å². The zero-order valence-corrected chi connectivity index (χ0v) is 24.9. The minimum Gasteiger partial charge on any atom is -0.493 e. The van der Waals surface area contributed by atoms with Crippen molar-refractivity contribution in [1.82, 2.24) is 0 Å². The van der Waals surface area contributed by atoms with Gasteiger partial charge in [0.1, 0.15) is 5.75 Å². The van der Waals surface area contributed by atoms with E-state index in [1.807, 2.05) is 6.07 Å². The van der Waals surface area contributed by atoms with Gasteiger partial charge in [0.15, 0.2) is 0 Å². The van der Waals surface area contributed by atoms with Gasteiger partial charge in [0.05, 0.1) is 26.1 Å². The number of rotatable bonds is 17. The van der Waals surface area contributed by atoms with Crippen molar-refractivity contribution < 1.29 is 50.1 Å². The number of unbranched alkanes of at least 4 members (excludes halogenated alkanes) is 2. The Labute approximate surface area is 250 Å². The van der Waals surface area contributed by atoms with Crippen LogP contribution in [-0.4, -0.2) is 37.7 Å². The fourth-order valence-electron chi connectivity index (χ4n) is 4.11. The molecule has 236 valence electrons. The van der Waals surface area contributed by atoms with Gasteiger partial charge in [-0.25, -0.2) is 14.3 Å². The number of carbonyl (C=O) groups is 1. The first-order valence-electron chi connectivity index (χ1n) is 13.7. The number of esters is 1. The van der Waals surface area contributed by atoms with Crippen molar-refractivity contribution in [2.45, 2.75) is 77.8 Å². The Kier molecular flexibility index (Phi) is 11.7. The molecule has 43 heavy (non-hydrogen) atoms. The molecule has 1 heterocycles. The highest BCUT2D eigenvalue weighted by Crippen LogP contribution is 2.38. The van der Waals surface area contributed by atoms with Crippen LogP contribution in [-0.2, 0) is 25.4 Å². The summed E-state index contributed by atoms with van der Waals surface area (Å²) in [5.74, 6) is -0.805.